The highest BCUT2D eigenvalue weighted by Gasteiger charge is 2.35. The van der Waals surface area contributed by atoms with Crippen LogP contribution in [0.1, 0.15) is 12.8 Å². The Morgan fingerprint density at radius 2 is 2.00 bits per heavy atom. The lowest BCUT2D eigenvalue weighted by Gasteiger charge is -2.24. The Hall–Kier alpha value is -0.303. The SMILES string of the molecule is C=C=C([C@H](N)C1CC1)[Si](C)(C)C. The average molecular weight is 181 g/mol. The van der Waals surface area contributed by atoms with Crippen molar-refractivity contribution in [2.75, 3.05) is 0 Å². The molecule has 0 aromatic carbocycles. The largest absolute Gasteiger partial charge is 0.324 e. The molecule has 68 valence electrons. The highest BCUT2D eigenvalue weighted by Crippen LogP contribution is 2.36. The van der Waals surface area contributed by atoms with Gasteiger partial charge in [-0.15, -0.1) is 5.73 Å². The van der Waals surface area contributed by atoms with Gasteiger partial charge in [-0.3, -0.25) is 0 Å². The zero-order valence-corrected chi connectivity index (χ0v) is 9.35. The van der Waals surface area contributed by atoms with Crippen molar-refractivity contribution in [1.29, 1.82) is 0 Å². The summed E-state index contributed by atoms with van der Waals surface area (Å²) in [5, 5.41) is 1.32. The molecule has 0 unspecified atom stereocenters. The fraction of sp³-hybridized carbons (Fsp3) is 0.700. The monoisotopic (exact) mass is 181 g/mol. The fourth-order valence-corrected chi connectivity index (χ4v) is 3.34. The molecule has 0 radical (unpaired) electrons. The Morgan fingerprint density at radius 1 is 1.50 bits per heavy atom. The van der Waals surface area contributed by atoms with Crippen LogP contribution in [0.2, 0.25) is 19.6 Å². The lowest BCUT2D eigenvalue weighted by molar-refractivity contribution is 0.695. The van der Waals surface area contributed by atoms with E-state index < -0.39 is 8.07 Å². The van der Waals surface area contributed by atoms with E-state index in [4.69, 9.17) is 5.73 Å². The Morgan fingerprint density at radius 3 is 2.25 bits per heavy atom. The van der Waals surface area contributed by atoms with Gasteiger partial charge in [0.25, 0.3) is 0 Å². The molecule has 0 aliphatic heterocycles. The molecule has 2 N–H and O–H groups in total. The zero-order chi connectivity index (χ0) is 9.35. The summed E-state index contributed by atoms with van der Waals surface area (Å²) in [6.07, 6.45) is 2.60. The van der Waals surface area contributed by atoms with Crippen LogP contribution in [0.4, 0.5) is 0 Å². The molecule has 1 aliphatic rings. The molecule has 0 saturated heterocycles. The van der Waals surface area contributed by atoms with Crippen LogP contribution in [0.3, 0.4) is 0 Å². The van der Waals surface area contributed by atoms with Gasteiger partial charge in [-0.1, -0.05) is 26.2 Å². The Kier molecular flexibility index (Phi) is 2.62. The summed E-state index contributed by atoms with van der Waals surface area (Å²) in [5.41, 5.74) is 9.18. The first-order valence-electron chi connectivity index (χ1n) is 4.63. The fourth-order valence-electron chi connectivity index (χ4n) is 1.57. The summed E-state index contributed by atoms with van der Waals surface area (Å²) in [7, 11) is -1.25. The van der Waals surface area contributed by atoms with E-state index in [1.54, 1.807) is 0 Å². The number of rotatable bonds is 3. The van der Waals surface area contributed by atoms with E-state index in [1.807, 2.05) is 0 Å². The summed E-state index contributed by atoms with van der Waals surface area (Å²) in [4.78, 5) is 0. The third-order valence-electron chi connectivity index (χ3n) is 2.46. The first-order chi connectivity index (χ1) is 5.46. The van der Waals surface area contributed by atoms with Gasteiger partial charge in [-0.2, -0.15) is 0 Å². The Labute approximate surface area is 76.4 Å². The molecule has 0 amide bonds. The summed E-state index contributed by atoms with van der Waals surface area (Å²) < 4.78 is 0. The van der Waals surface area contributed by atoms with Crippen molar-refractivity contribution in [2.45, 2.75) is 38.5 Å². The number of nitrogens with two attached hydrogens (primary N) is 1. The predicted octanol–water partition coefficient (Wildman–Crippen LogP) is 2.31. The van der Waals surface area contributed by atoms with E-state index in [0.717, 1.165) is 5.92 Å². The van der Waals surface area contributed by atoms with Crippen LogP contribution in [0.5, 0.6) is 0 Å². The summed E-state index contributed by atoms with van der Waals surface area (Å²) >= 11 is 0. The highest BCUT2D eigenvalue weighted by molar-refractivity contribution is 6.83. The van der Waals surface area contributed by atoms with Gasteiger partial charge >= 0.3 is 0 Å². The van der Waals surface area contributed by atoms with Crippen LogP contribution < -0.4 is 5.73 Å². The second-order valence-corrected chi connectivity index (χ2v) is 9.74. The molecule has 1 atom stereocenters. The lowest BCUT2D eigenvalue weighted by Crippen LogP contribution is -2.38. The van der Waals surface area contributed by atoms with E-state index in [2.05, 4.69) is 32.0 Å². The van der Waals surface area contributed by atoms with Gasteiger partial charge in [0.1, 0.15) is 0 Å². The summed E-state index contributed by atoms with van der Waals surface area (Å²) in [6.45, 7) is 10.7. The van der Waals surface area contributed by atoms with E-state index in [9.17, 15) is 0 Å². The number of hydrogen-bond donors (Lipinski definition) is 1. The second-order valence-electron chi connectivity index (χ2n) is 4.70. The minimum Gasteiger partial charge on any atom is -0.324 e. The van der Waals surface area contributed by atoms with Gasteiger partial charge in [0.2, 0.25) is 0 Å². The molecule has 0 heterocycles. The molecule has 0 aromatic heterocycles. The summed E-state index contributed by atoms with van der Waals surface area (Å²) in [6, 6.07) is 0.258. The van der Waals surface area contributed by atoms with Crippen molar-refractivity contribution in [3.05, 3.63) is 17.5 Å². The van der Waals surface area contributed by atoms with Gasteiger partial charge in [-0.05, 0) is 24.0 Å². The first-order valence-corrected chi connectivity index (χ1v) is 8.13. The molecular formula is C10H19NSi. The van der Waals surface area contributed by atoms with Crippen molar-refractivity contribution >= 4 is 8.07 Å². The minimum absolute atomic E-state index is 0.258. The molecule has 1 nitrogen and oxygen atoms in total. The molecule has 1 fully saturated rings. The van der Waals surface area contributed by atoms with Crippen LogP contribution >= 0.6 is 0 Å². The Balaban J connectivity index is 2.75. The molecule has 0 bridgehead atoms. The van der Waals surface area contributed by atoms with Gasteiger partial charge in [0, 0.05) is 6.04 Å². The van der Waals surface area contributed by atoms with Crippen molar-refractivity contribution < 1.29 is 0 Å². The maximum Gasteiger partial charge on any atom is 0.0843 e. The quantitative estimate of drug-likeness (QED) is 0.525. The maximum absolute atomic E-state index is 6.12. The van der Waals surface area contributed by atoms with Gasteiger partial charge in [0.15, 0.2) is 0 Å². The maximum atomic E-state index is 6.12. The Bertz CT molecular complexity index is 216. The van der Waals surface area contributed by atoms with Crippen LogP contribution in [-0.2, 0) is 0 Å². The standard InChI is InChI=1S/C10H19NSi/c1-5-9(12(2,3)4)10(11)8-6-7-8/h8,10H,1,6-7,11H2,2-4H3/t10-/m1/s1. The van der Waals surface area contributed by atoms with Crippen LogP contribution in [0.25, 0.3) is 0 Å². The third kappa shape index (κ3) is 2.10. The highest BCUT2D eigenvalue weighted by atomic mass is 28.3. The predicted molar refractivity (Wildman–Crippen MR) is 56.7 cm³/mol. The van der Waals surface area contributed by atoms with Gasteiger partial charge in [0.05, 0.1) is 8.07 Å². The molecule has 12 heavy (non-hydrogen) atoms. The van der Waals surface area contributed by atoms with Crippen LogP contribution in [0.15, 0.2) is 17.5 Å². The van der Waals surface area contributed by atoms with Crippen molar-refractivity contribution in [3.63, 3.8) is 0 Å². The van der Waals surface area contributed by atoms with E-state index >= 15 is 0 Å². The van der Waals surface area contributed by atoms with Crippen LogP contribution in [0, 0.1) is 5.92 Å². The minimum atomic E-state index is -1.25. The molecule has 2 heteroatoms. The first kappa shape index (κ1) is 9.78. The zero-order valence-electron chi connectivity index (χ0n) is 8.35. The molecule has 1 saturated carbocycles. The summed E-state index contributed by atoms with van der Waals surface area (Å²) in [5.74, 6) is 0.737. The van der Waals surface area contributed by atoms with E-state index in [0.29, 0.717) is 0 Å². The molecule has 0 spiro atoms. The van der Waals surface area contributed by atoms with Crippen molar-refractivity contribution in [2.24, 2.45) is 11.7 Å². The topological polar surface area (TPSA) is 26.0 Å². The number of hydrogen-bond acceptors (Lipinski definition) is 1. The van der Waals surface area contributed by atoms with Gasteiger partial charge < -0.3 is 5.73 Å². The lowest BCUT2D eigenvalue weighted by atomic mass is 10.2. The second kappa shape index (κ2) is 3.21. The van der Waals surface area contributed by atoms with E-state index in [-0.39, 0.29) is 6.04 Å². The third-order valence-corrected chi connectivity index (χ3v) is 4.59. The average Bonchev–Trinajstić information content (AvgIpc) is 2.65. The molecule has 1 rings (SSSR count). The van der Waals surface area contributed by atoms with Gasteiger partial charge in [-0.25, -0.2) is 0 Å². The molecule has 0 aromatic rings. The van der Waals surface area contributed by atoms with Crippen molar-refractivity contribution in [1.82, 2.24) is 0 Å². The van der Waals surface area contributed by atoms with E-state index in [1.165, 1.54) is 18.0 Å². The normalized spacial score (nSPS) is 20.0. The van der Waals surface area contributed by atoms with Crippen molar-refractivity contribution in [3.8, 4) is 0 Å². The smallest absolute Gasteiger partial charge is 0.0843 e. The molecular weight excluding hydrogens is 162 g/mol. The van der Waals surface area contributed by atoms with Crippen LogP contribution in [-0.4, -0.2) is 14.1 Å². The molecule has 1 aliphatic carbocycles.